The van der Waals surface area contributed by atoms with E-state index in [0.717, 1.165) is 0 Å². The molecule has 1 aliphatic carbocycles. The van der Waals surface area contributed by atoms with Crippen LogP contribution in [-0.2, 0) is 0 Å². The third-order valence-corrected chi connectivity index (χ3v) is 2.94. The lowest BCUT2D eigenvalue weighted by Crippen LogP contribution is -2.26. The van der Waals surface area contributed by atoms with Crippen LogP contribution in [0.25, 0.3) is 0 Å². The van der Waals surface area contributed by atoms with E-state index in [2.05, 4.69) is 36.1 Å². The molecule has 1 heterocycles. The monoisotopic (exact) mass is 178 g/mol. The molecule has 1 fully saturated rings. The van der Waals surface area contributed by atoms with Crippen LogP contribution < -0.4 is 5.43 Å². The molecule has 2 nitrogen and oxygen atoms in total. The van der Waals surface area contributed by atoms with Gasteiger partial charge in [0.2, 0.25) is 0 Å². The van der Waals surface area contributed by atoms with E-state index in [0.29, 0.717) is 6.04 Å². The molecule has 0 amide bonds. The van der Waals surface area contributed by atoms with Gasteiger partial charge in [0.05, 0.1) is 0 Å². The highest BCUT2D eigenvalue weighted by Crippen LogP contribution is 2.19. The fraction of sp³-hybridized carbons (Fsp3) is 0.636. The zero-order chi connectivity index (χ0) is 9.26. The van der Waals surface area contributed by atoms with Gasteiger partial charge in [-0.15, -0.1) is 0 Å². The third kappa shape index (κ3) is 1.71. The maximum absolute atomic E-state index is 3.57. The molecule has 2 rings (SSSR count). The van der Waals surface area contributed by atoms with Crippen molar-refractivity contribution in [2.24, 2.45) is 0 Å². The molecule has 1 N–H and O–H groups in total. The Hall–Kier alpha value is -0.920. The Bertz CT molecular complexity index is 263. The van der Waals surface area contributed by atoms with Gasteiger partial charge in [0.1, 0.15) is 0 Å². The SMILES string of the molecule is Cc1ccc(C)n1NC1CCCC1. The van der Waals surface area contributed by atoms with Crippen LogP contribution >= 0.6 is 0 Å². The van der Waals surface area contributed by atoms with Crippen LogP contribution in [0.4, 0.5) is 0 Å². The Kier molecular flexibility index (Phi) is 2.30. The van der Waals surface area contributed by atoms with Gasteiger partial charge in [-0.25, -0.2) is 0 Å². The molecule has 1 saturated carbocycles. The van der Waals surface area contributed by atoms with Crippen molar-refractivity contribution in [1.29, 1.82) is 0 Å². The summed E-state index contributed by atoms with van der Waals surface area (Å²) in [5, 5.41) is 0. The number of hydrogen-bond donors (Lipinski definition) is 1. The molecule has 0 atom stereocenters. The van der Waals surface area contributed by atoms with Crippen LogP contribution in [0, 0.1) is 13.8 Å². The van der Waals surface area contributed by atoms with E-state index < -0.39 is 0 Å². The van der Waals surface area contributed by atoms with E-state index in [4.69, 9.17) is 0 Å². The zero-order valence-corrected chi connectivity index (χ0v) is 8.51. The van der Waals surface area contributed by atoms with Crippen LogP contribution in [-0.4, -0.2) is 10.7 Å². The van der Waals surface area contributed by atoms with Crippen LogP contribution in [0.15, 0.2) is 12.1 Å². The molecular weight excluding hydrogens is 160 g/mol. The minimum Gasteiger partial charge on any atom is -0.323 e. The second kappa shape index (κ2) is 3.44. The molecule has 0 radical (unpaired) electrons. The molecule has 0 saturated heterocycles. The molecular formula is C11H18N2. The van der Waals surface area contributed by atoms with Gasteiger partial charge in [-0.1, -0.05) is 12.8 Å². The summed E-state index contributed by atoms with van der Waals surface area (Å²) in [6.45, 7) is 4.30. The summed E-state index contributed by atoms with van der Waals surface area (Å²) < 4.78 is 2.22. The minimum absolute atomic E-state index is 0.699. The minimum atomic E-state index is 0.699. The molecule has 0 aliphatic heterocycles. The van der Waals surface area contributed by atoms with Crippen molar-refractivity contribution in [2.75, 3.05) is 5.43 Å². The summed E-state index contributed by atoms with van der Waals surface area (Å²) in [7, 11) is 0. The normalized spacial score (nSPS) is 18.0. The first-order valence-electron chi connectivity index (χ1n) is 5.19. The molecule has 0 bridgehead atoms. The average molecular weight is 178 g/mol. The van der Waals surface area contributed by atoms with Crippen molar-refractivity contribution in [3.8, 4) is 0 Å². The summed E-state index contributed by atoms with van der Waals surface area (Å²) in [5.41, 5.74) is 6.19. The van der Waals surface area contributed by atoms with Gasteiger partial charge in [0.25, 0.3) is 0 Å². The highest BCUT2D eigenvalue weighted by Gasteiger charge is 2.15. The summed E-state index contributed by atoms with van der Waals surface area (Å²) in [6.07, 6.45) is 5.43. The van der Waals surface area contributed by atoms with Gasteiger partial charge in [-0.05, 0) is 38.8 Å². The van der Waals surface area contributed by atoms with Gasteiger partial charge in [-0.3, -0.25) is 4.68 Å². The fourth-order valence-corrected chi connectivity index (χ4v) is 2.11. The molecule has 72 valence electrons. The summed E-state index contributed by atoms with van der Waals surface area (Å²) in [6, 6.07) is 5.03. The molecule has 1 aliphatic rings. The summed E-state index contributed by atoms with van der Waals surface area (Å²) >= 11 is 0. The standard InChI is InChI=1S/C11H18N2/c1-9-7-8-10(2)13(9)12-11-5-3-4-6-11/h7-8,11-12H,3-6H2,1-2H3. The maximum Gasteiger partial charge on any atom is 0.0424 e. The molecule has 2 heteroatoms. The number of nitrogens with zero attached hydrogens (tertiary/aromatic N) is 1. The Morgan fingerprint density at radius 1 is 1.15 bits per heavy atom. The van der Waals surface area contributed by atoms with Crippen molar-refractivity contribution in [1.82, 2.24) is 4.68 Å². The highest BCUT2D eigenvalue weighted by molar-refractivity contribution is 5.16. The Balaban J connectivity index is 2.07. The Labute approximate surface area is 79.9 Å². The summed E-state index contributed by atoms with van der Waals surface area (Å²) in [5.74, 6) is 0. The lowest BCUT2D eigenvalue weighted by atomic mass is 10.3. The Morgan fingerprint density at radius 2 is 1.69 bits per heavy atom. The fourth-order valence-electron chi connectivity index (χ4n) is 2.11. The smallest absolute Gasteiger partial charge is 0.0424 e. The van der Waals surface area contributed by atoms with Gasteiger partial charge in [-0.2, -0.15) is 0 Å². The van der Waals surface area contributed by atoms with Crippen LogP contribution in [0.3, 0.4) is 0 Å². The van der Waals surface area contributed by atoms with Crippen LogP contribution in [0.2, 0.25) is 0 Å². The van der Waals surface area contributed by atoms with Crippen molar-refractivity contribution < 1.29 is 0 Å². The second-order valence-corrected chi connectivity index (χ2v) is 4.06. The molecule has 0 unspecified atom stereocenters. The number of nitrogens with one attached hydrogen (secondary N) is 1. The number of aryl methyl sites for hydroxylation is 2. The first kappa shape index (κ1) is 8.67. The number of aromatic nitrogens is 1. The average Bonchev–Trinajstić information content (AvgIpc) is 2.70. The highest BCUT2D eigenvalue weighted by atomic mass is 15.4. The predicted octanol–water partition coefficient (Wildman–Crippen LogP) is 2.59. The second-order valence-electron chi connectivity index (χ2n) is 4.06. The van der Waals surface area contributed by atoms with E-state index >= 15 is 0 Å². The van der Waals surface area contributed by atoms with E-state index in [1.807, 2.05) is 0 Å². The molecule has 0 aromatic carbocycles. The van der Waals surface area contributed by atoms with E-state index in [1.54, 1.807) is 0 Å². The topological polar surface area (TPSA) is 17.0 Å². The first-order chi connectivity index (χ1) is 6.27. The van der Waals surface area contributed by atoms with Crippen LogP contribution in [0.5, 0.6) is 0 Å². The van der Waals surface area contributed by atoms with Crippen molar-refractivity contribution >= 4 is 0 Å². The van der Waals surface area contributed by atoms with Gasteiger partial charge in [0.15, 0.2) is 0 Å². The maximum atomic E-state index is 3.57. The number of hydrogen-bond acceptors (Lipinski definition) is 1. The van der Waals surface area contributed by atoms with E-state index in [-0.39, 0.29) is 0 Å². The number of rotatable bonds is 2. The largest absolute Gasteiger partial charge is 0.323 e. The van der Waals surface area contributed by atoms with Gasteiger partial charge < -0.3 is 5.43 Å². The third-order valence-electron chi connectivity index (χ3n) is 2.94. The quantitative estimate of drug-likeness (QED) is 0.736. The van der Waals surface area contributed by atoms with Crippen molar-refractivity contribution in [2.45, 2.75) is 45.6 Å². The first-order valence-corrected chi connectivity index (χ1v) is 5.19. The molecule has 1 aromatic heterocycles. The predicted molar refractivity (Wildman–Crippen MR) is 55.5 cm³/mol. The van der Waals surface area contributed by atoms with Gasteiger partial charge >= 0.3 is 0 Å². The summed E-state index contributed by atoms with van der Waals surface area (Å²) in [4.78, 5) is 0. The van der Waals surface area contributed by atoms with E-state index in [9.17, 15) is 0 Å². The zero-order valence-electron chi connectivity index (χ0n) is 8.51. The Morgan fingerprint density at radius 3 is 2.23 bits per heavy atom. The van der Waals surface area contributed by atoms with Gasteiger partial charge in [0, 0.05) is 17.4 Å². The van der Waals surface area contributed by atoms with Crippen molar-refractivity contribution in [3.63, 3.8) is 0 Å². The lowest BCUT2D eigenvalue weighted by Gasteiger charge is -2.18. The van der Waals surface area contributed by atoms with E-state index in [1.165, 1.54) is 37.1 Å². The molecule has 1 aromatic rings. The molecule has 13 heavy (non-hydrogen) atoms. The van der Waals surface area contributed by atoms with Crippen LogP contribution in [0.1, 0.15) is 37.1 Å². The molecule has 0 spiro atoms. The lowest BCUT2D eigenvalue weighted by molar-refractivity contribution is 0.640. The van der Waals surface area contributed by atoms with Crippen molar-refractivity contribution in [3.05, 3.63) is 23.5 Å².